The molecule has 0 spiro atoms. The summed E-state index contributed by atoms with van der Waals surface area (Å²) in [5.74, 6) is 0. The molecule has 1 N–H and O–H groups in total. The molecule has 2 atom stereocenters. The van der Waals surface area contributed by atoms with E-state index in [1.54, 1.807) is 0 Å². The maximum Gasteiger partial charge on any atom is 0.0784 e. The molecule has 0 amide bonds. The Morgan fingerprint density at radius 3 is 3.00 bits per heavy atom. The lowest BCUT2D eigenvalue weighted by Gasteiger charge is -2.30. The Hall–Kier alpha value is -0.870. The second-order valence-electron chi connectivity index (χ2n) is 4.05. The molecule has 15 heavy (non-hydrogen) atoms. The molecule has 2 heterocycles. The summed E-state index contributed by atoms with van der Waals surface area (Å²) in [6.45, 7) is 0.890. The van der Waals surface area contributed by atoms with Crippen molar-refractivity contribution in [2.45, 2.75) is 31.4 Å². The van der Waals surface area contributed by atoms with Crippen LogP contribution in [0.25, 0.3) is 0 Å². The fourth-order valence-corrected chi connectivity index (χ4v) is 2.24. The van der Waals surface area contributed by atoms with Gasteiger partial charge in [0.1, 0.15) is 0 Å². The number of likely N-dealkylation sites (N-methyl/N-ethyl adjacent to an activating group) is 1. The van der Waals surface area contributed by atoms with Crippen LogP contribution in [0.4, 0.5) is 0 Å². The van der Waals surface area contributed by atoms with Gasteiger partial charge >= 0.3 is 0 Å². The number of rotatable bonds is 3. The first-order valence-electron chi connectivity index (χ1n) is 5.59. The Balaban J connectivity index is 2.12. The van der Waals surface area contributed by atoms with E-state index in [0.29, 0.717) is 6.10 Å². The number of hydrogen-bond acceptors (Lipinski definition) is 3. The van der Waals surface area contributed by atoms with Crippen LogP contribution in [0.3, 0.4) is 0 Å². The standard InChI is InChI=1S/C11H19N3O/c1-12-11(9-6-7-13-14(9)2)10-5-3-4-8-15-10/h6-7,10-12H,3-5,8H2,1-2H3. The minimum atomic E-state index is 0.262. The lowest BCUT2D eigenvalue weighted by Crippen LogP contribution is -2.35. The summed E-state index contributed by atoms with van der Waals surface area (Å²) >= 11 is 0. The van der Waals surface area contributed by atoms with E-state index >= 15 is 0 Å². The van der Waals surface area contributed by atoms with Crippen LogP contribution in [-0.2, 0) is 11.8 Å². The van der Waals surface area contributed by atoms with Gasteiger partial charge in [0, 0.05) is 19.9 Å². The van der Waals surface area contributed by atoms with Gasteiger partial charge in [-0.3, -0.25) is 4.68 Å². The van der Waals surface area contributed by atoms with Crippen molar-refractivity contribution in [1.29, 1.82) is 0 Å². The molecule has 0 aromatic carbocycles. The molecule has 0 radical (unpaired) electrons. The van der Waals surface area contributed by atoms with E-state index in [1.165, 1.54) is 18.5 Å². The highest BCUT2D eigenvalue weighted by atomic mass is 16.5. The second kappa shape index (κ2) is 4.77. The summed E-state index contributed by atoms with van der Waals surface area (Å²) in [5, 5.41) is 7.53. The molecule has 1 aromatic heterocycles. The van der Waals surface area contributed by atoms with Crippen LogP contribution < -0.4 is 5.32 Å². The molecule has 84 valence electrons. The van der Waals surface area contributed by atoms with Gasteiger partial charge < -0.3 is 10.1 Å². The summed E-state index contributed by atoms with van der Waals surface area (Å²) in [5.41, 5.74) is 1.20. The Morgan fingerprint density at radius 2 is 2.47 bits per heavy atom. The molecule has 1 saturated heterocycles. The Labute approximate surface area is 90.6 Å². The van der Waals surface area contributed by atoms with Crippen LogP contribution in [0.1, 0.15) is 31.0 Å². The third-order valence-corrected chi connectivity index (χ3v) is 3.08. The molecule has 2 unspecified atom stereocenters. The Bertz CT molecular complexity index is 305. The Kier molecular flexibility index (Phi) is 3.38. The predicted molar refractivity (Wildman–Crippen MR) is 58.6 cm³/mol. The minimum absolute atomic E-state index is 0.262. The summed E-state index contributed by atoms with van der Waals surface area (Å²) in [7, 11) is 3.96. The second-order valence-corrected chi connectivity index (χ2v) is 4.05. The highest BCUT2D eigenvalue weighted by molar-refractivity contribution is 5.09. The molecule has 4 nitrogen and oxygen atoms in total. The fourth-order valence-electron chi connectivity index (χ4n) is 2.24. The molecule has 1 aliphatic rings. The van der Waals surface area contributed by atoms with Gasteiger partial charge in [0.05, 0.1) is 17.8 Å². The first kappa shape index (κ1) is 10.6. The van der Waals surface area contributed by atoms with E-state index in [-0.39, 0.29) is 6.04 Å². The van der Waals surface area contributed by atoms with Crippen LogP contribution in [0.15, 0.2) is 12.3 Å². The van der Waals surface area contributed by atoms with Crippen LogP contribution in [0, 0.1) is 0 Å². The number of nitrogens with zero attached hydrogens (tertiary/aromatic N) is 2. The monoisotopic (exact) mass is 209 g/mol. The molecular formula is C11H19N3O. The molecule has 2 rings (SSSR count). The van der Waals surface area contributed by atoms with Crippen molar-refractivity contribution in [3.8, 4) is 0 Å². The van der Waals surface area contributed by atoms with Crippen molar-refractivity contribution < 1.29 is 4.74 Å². The van der Waals surface area contributed by atoms with E-state index < -0.39 is 0 Å². The zero-order valence-electron chi connectivity index (χ0n) is 9.44. The third kappa shape index (κ3) is 2.21. The van der Waals surface area contributed by atoms with Gasteiger partial charge in [-0.2, -0.15) is 5.10 Å². The zero-order valence-corrected chi connectivity index (χ0v) is 9.44. The van der Waals surface area contributed by atoms with E-state index in [9.17, 15) is 0 Å². The van der Waals surface area contributed by atoms with Gasteiger partial charge in [-0.05, 0) is 32.4 Å². The van der Waals surface area contributed by atoms with Crippen molar-refractivity contribution >= 4 is 0 Å². The maximum absolute atomic E-state index is 5.81. The zero-order chi connectivity index (χ0) is 10.7. The molecule has 0 aliphatic carbocycles. The number of aromatic nitrogens is 2. The normalized spacial score (nSPS) is 24.0. The molecule has 1 fully saturated rings. The predicted octanol–water partition coefficient (Wildman–Crippen LogP) is 1.25. The van der Waals surface area contributed by atoms with E-state index in [4.69, 9.17) is 4.74 Å². The number of ether oxygens (including phenoxy) is 1. The molecular weight excluding hydrogens is 190 g/mol. The van der Waals surface area contributed by atoms with Gasteiger partial charge in [-0.1, -0.05) is 0 Å². The van der Waals surface area contributed by atoms with Crippen molar-refractivity contribution in [3.05, 3.63) is 18.0 Å². The van der Waals surface area contributed by atoms with Crippen LogP contribution in [0.2, 0.25) is 0 Å². The number of aryl methyl sites for hydroxylation is 1. The van der Waals surface area contributed by atoms with Gasteiger partial charge in [0.2, 0.25) is 0 Å². The van der Waals surface area contributed by atoms with E-state index in [1.807, 2.05) is 25.0 Å². The van der Waals surface area contributed by atoms with Crippen molar-refractivity contribution in [2.24, 2.45) is 7.05 Å². The third-order valence-electron chi connectivity index (χ3n) is 3.08. The maximum atomic E-state index is 5.81. The average molecular weight is 209 g/mol. The number of hydrogen-bond donors (Lipinski definition) is 1. The molecule has 0 bridgehead atoms. The summed E-state index contributed by atoms with van der Waals surface area (Å²) in [4.78, 5) is 0. The summed E-state index contributed by atoms with van der Waals surface area (Å²) in [6, 6.07) is 2.32. The van der Waals surface area contributed by atoms with Crippen LogP contribution >= 0.6 is 0 Å². The first-order chi connectivity index (χ1) is 7.33. The largest absolute Gasteiger partial charge is 0.376 e. The van der Waals surface area contributed by atoms with Crippen LogP contribution in [-0.4, -0.2) is 29.5 Å². The van der Waals surface area contributed by atoms with Gasteiger partial charge in [0.15, 0.2) is 0 Å². The smallest absolute Gasteiger partial charge is 0.0784 e. The SMILES string of the molecule is CNC(c1ccnn1C)C1CCCCO1. The highest BCUT2D eigenvalue weighted by Crippen LogP contribution is 2.25. The molecule has 1 aromatic rings. The summed E-state index contributed by atoms with van der Waals surface area (Å²) < 4.78 is 7.72. The highest BCUT2D eigenvalue weighted by Gasteiger charge is 2.26. The quantitative estimate of drug-likeness (QED) is 0.814. The van der Waals surface area contributed by atoms with Crippen molar-refractivity contribution in [1.82, 2.24) is 15.1 Å². The lowest BCUT2D eigenvalue weighted by molar-refractivity contribution is -0.00822. The topological polar surface area (TPSA) is 39.1 Å². The van der Waals surface area contributed by atoms with Crippen LogP contribution in [0.5, 0.6) is 0 Å². The van der Waals surface area contributed by atoms with E-state index in [0.717, 1.165) is 13.0 Å². The minimum Gasteiger partial charge on any atom is -0.376 e. The lowest BCUT2D eigenvalue weighted by atomic mass is 10.00. The van der Waals surface area contributed by atoms with Gasteiger partial charge in [0.25, 0.3) is 0 Å². The van der Waals surface area contributed by atoms with Crippen molar-refractivity contribution in [2.75, 3.05) is 13.7 Å². The van der Waals surface area contributed by atoms with Crippen molar-refractivity contribution in [3.63, 3.8) is 0 Å². The molecule has 1 aliphatic heterocycles. The molecule has 0 saturated carbocycles. The summed E-state index contributed by atoms with van der Waals surface area (Å²) in [6.07, 6.45) is 5.72. The molecule has 4 heteroatoms. The van der Waals surface area contributed by atoms with Gasteiger partial charge in [-0.25, -0.2) is 0 Å². The first-order valence-corrected chi connectivity index (χ1v) is 5.59. The number of nitrogens with one attached hydrogen (secondary N) is 1. The van der Waals surface area contributed by atoms with E-state index in [2.05, 4.69) is 16.5 Å². The average Bonchev–Trinajstić information content (AvgIpc) is 2.68. The Morgan fingerprint density at radius 1 is 1.60 bits per heavy atom. The fraction of sp³-hybridized carbons (Fsp3) is 0.727. The van der Waals surface area contributed by atoms with Gasteiger partial charge in [-0.15, -0.1) is 0 Å².